The van der Waals surface area contributed by atoms with E-state index in [1.165, 1.54) is 11.1 Å². The molecule has 0 radical (unpaired) electrons. The Balaban J connectivity index is 1.22. The van der Waals surface area contributed by atoms with Crippen LogP contribution < -0.4 is 5.32 Å². The normalized spacial score (nSPS) is 25.6. The molecular formula is C28H32N2O5. The number of alkyl carbamates (subject to hydrolysis) is 1. The number of aliphatic carboxylic acids is 1. The van der Waals surface area contributed by atoms with Gasteiger partial charge in [-0.25, -0.2) is 4.79 Å². The number of amides is 2. The van der Waals surface area contributed by atoms with Gasteiger partial charge in [0.05, 0.1) is 11.8 Å². The fraction of sp³-hybridized carbons (Fsp3) is 0.464. The van der Waals surface area contributed by atoms with E-state index in [1.807, 2.05) is 31.2 Å². The van der Waals surface area contributed by atoms with Crippen LogP contribution in [0.25, 0.3) is 11.1 Å². The topological polar surface area (TPSA) is 95.9 Å². The number of ether oxygens (including phenoxy) is 1. The maximum absolute atomic E-state index is 13.4. The molecule has 1 saturated heterocycles. The second kappa shape index (κ2) is 9.72. The van der Waals surface area contributed by atoms with Gasteiger partial charge in [-0.2, -0.15) is 0 Å². The first-order valence-electron chi connectivity index (χ1n) is 12.6. The molecule has 2 amide bonds. The van der Waals surface area contributed by atoms with E-state index in [0.717, 1.165) is 17.5 Å². The van der Waals surface area contributed by atoms with Gasteiger partial charge in [-0.3, -0.25) is 9.59 Å². The Morgan fingerprint density at radius 3 is 2.29 bits per heavy atom. The molecule has 5 rings (SSSR count). The summed E-state index contributed by atoms with van der Waals surface area (Å²) in [7, 11) is 0. The molecule has 1 saturated carbocycles. The lowest BCUT2D eigenvalue weighted by Gasteiger charge is -2.38. The van der Waals surface area contributed by atoms with Crippen molar-refractivity contribution in [1.29, 1.82) is 0 Å². The van der Waals surface area contributed by atoms with E-state index in [2.05, 4.69) is 29.6 Å². The van der Waals surface area contributed by atoms with Crippen LogP contribution >= 0.6 is 0 Å². The van der Waals surface area contributed by atoms with Gasteiger partial charge in [0.15, 0.2) is 0 Å². The van der Waals surface area contributed by atoms with E-state index >= 15 is 0 Å². The van der Waals surface area contributed by atoms with Gasteiger partial charge in [-0.05, 0) is 54.9 Å². The molecule has 35 heavy (non-hydrogen) atoms. The van der Waals surface area contributed by atoms with Crippen molar-refractivity contribution in [3.63, 3.8) is 0 Å². The monoisotopic (exact) mass is 476 g/mol. The average Bonchev–Trinajstić information content (AvgIpc) is 3.45. The molecule has 2 aliphatic carbocycles. The molecule has 7 heteroatoms. The summed E-state index contributed by atoms with van der Waals surface area (Å²) in [4.78, 5) is 39.3. The Morgan fingerprint density at radius 1 is 0.971 bits per heavy atom. The highest BCUT2D eigenvalue weighted by Gasteiger charge is 2.41. The Morgan fingerprint density at radius 2 is 1.63 bits per heavy atom. The van der Waals surface area contributed by atoms with Gasteiger partial charge in [0.1, 0.15) is 6.61 Å². The first-order chi connectivity index (χ1) is 16.9. The minimum atomic E-state index is -0.852. The minimum absolute atomic E-state index is 0.00815. The maximum Gasteiger partial charge on any atom is 0.407 e. The van der Waals surface area contributed by atoms with Crippen molar-refractivity contribution in [3.05, 3.63) is 59.7 Å². The smallest absolute Gasteiger partial charge is 0.407 e. The fourth-order valence-corrected chi connectivity index (χ4v) is 6.05. The van der Waals surface area contributed by atoms with Crippen LogP contribution in [-0.4, -0.2) is 53.2 Å². The molecule has 2 N–H and O–H groups in total. The van der Waals surface area contributed by atoms with Crippen LogP contribution in [0.2, 0.25) is 0 Å². The summed E-state index contributed by atoms with van der Waals surface area (Å²) >= 11 is 0. The zero-order valence-electron chi connectivity index (χ0n) is 20.0. The highest BCUT2D eigenvalue weighted by atomic mass is 16.5. The van der Waals surface area contributed by atoms with Crippen molar-refractivity contribution in [2.75, 3.05) is 13.2 Å². The first-order valence-corrected chi connectivity index (χ1v) is 12.6. The Kier molecular flexibility index (Phi) is 6.50. The van der Waals surface area contributed by atoms with Gasteiger partial charge in [0.2, 0.25) is 5.91 Å². The summed E-state index contributed by atoms with van der Waals surface area (Å²) in [5.41, 5.74) is 4.66. The maximum atomic E-state index is 13.4. The van der Waals surface area contributed by atoms with Crippen molar-refractivity contribution >= 4 is 18.0 Å². The molecule has 1 heterocycles. The second-order valence-electron chi connectivity index (χ2n) is 10.1. The molecular weight excluding hydrogens is 444 g/mol. The van der Waals surface area contributed by atoms with E-state index in [-0.39, 0.29) is 43.0 Å². The third-order valence-corrected chi connectivity index (χ3v) is 7.99. The number of fused-ring (bicyclic) bond motifs is 3. The molecule has 184 valence electrons. The lowest BCUT2D eigenvalue weighted by molar-refractivity contribution is -0.148. The SMILES string of the molecule is CC1CCC(C(=O)O)CN1C(=O)[C@@H]1CCC[C@@H]1NC(=O)OCC1c2ccccc2-c2ccccc21. The van der Waals surface area contributed by atoms with Gasteiger partial charge in [0.25, 0.3) is 0 Å². The third-order valence-electron chi connectivity index (χ3n) is 7.99. The summed E-state index contributed by atoms with van der Waals surface area (Å²) < 4.78 is 5.69. The first kappa shape index (κ1) is 23.4. The molecule has 3 aliphatic rings. The number of carboxylic acids is 1. The van der Waals surface area contributed by atoms with Gasteiger partial charge in [-0.15, -0.1) is 0 Å². The summed E-state index contributed by atoms with van der Waals surface area (Å²) in [6, 6.07) is 16.1. The number of hydrogen-bond donors (Lipinski definition) is 2. The second-order valence-corrected chi connectivity index (χ2v) is 10.1. The van der Waals surface area contributed by atoms with Crippen molar-refractivity contribution in [3.8, 4) is 11.1 Å². The number of benzene rings is 2. The zero-order valence-corrected chi connectivity index (χ0v) is 20.0. The Bertz CT molecular complexity index is 1090. The van der Waals surface area contributed by atoms with Gasteiger partial charge < -0.3 is 20.1 Å². The van der Waals surface area contributed by atoms with Crippen LogP contribution in [0.4, 0.5) is 4.79 Å². The minimum Gasteiger partial charge on any atom is -0.481 e. The van der Waals surface area contributed by atoms with Crippen molar-refractivity contribution < 1.29 is 24.2 Å². The number of carboxylic acid groups (broad SMARTS) is 1. The zero-order chi connectivity index (χ0) is 24.5. The van der Waals surface area contributed by atoms with Crippen molar-refractivity contribution in [2.45, 2.75) is 57.0 Å². The number of rotatable bonds is 5. The summed E-state index contributed by atoms with van der Waals surface area (Å²) in [5.74, 6) is -1.79. The largest absolute Gasteiger partial charge is 0.481 e. The van der Waals surface area contributed by atoms with Crippen LogP contribution in [0.3, 0.4) is 0 Å². The molecule has 0 spiro atoms. The summed E-state index contributed by atoms with van der Waals surface area (Å²) in [6.07, 6.45) is 3.01. The van der Waals surface area contributed by atoms with E-state index in [0.29, 0.717) is 25.7 Å². The van der Waals surface area contributed by atoms with Gasteiger partial charge in [-0.1, -0.05) is 55.0 Å². The predicted octanol–water partition coefficient (Wildman–Crippen LogP) is 4.41. The van der Waals surface area contributed by atoms with Crippen LogP contribution in [0.5, 0.6) is 0 Å². The fourth-order valence-electron chi connectivity index (χ4n) is 6.05. The van der Waals surface area contributed by atoms with E-state index in [9.17, 15) is 19.5 Å². The lowest BCUT2D eigenvalue weighted by atomic mass is 9.91. The van der Waals surface area contributed by atoms with E-state index < -0.39 is 18.0 Å². The highest BCUT2D eigenvalue weighted by Crippen LogP contribution is 2.44. The summed E-state index contributed by atoms with van der Waals surface area (Å²) in [6.45, 7) is 2.44. The van der Waals surface area contributed by atoms with Crippen molar-refractivity contribution in [2.24, 2.45) is 11.8 Å². The van der Waals surface area contributed by atoms with E-state index in [1.54, 1.807) is 4.90 Å². The van der Waals surface area contributed by atoms with Crippen LogP contribution in [0.15, 0.2) is 48.5 Å². The molecule has 2 aromatic rings. The molecule has 0 bridgehead atoms. The van der Waals surface area contributed by atoms with E-state index in [4.69, 9.17) is 4.74 Å². The number of piperidine rings is 1. The van der Waals surface area contributed by atoms with Gasteiger partial charge in [0, 0.05) is 24.5 Å². The Labute approximate surface area is 205 Å². The third kappa shape index (κ3) is 4.51. The highest BCUT2D eigenvalue weighted by molar-refractivity contribution is 5.82. The van der Waals surface area contributed by atoms with Gasteiger partial charge >= 0.3 is 12.1 Å². The molecule has 0 aromatic heterocycles. The van der Waals surface area contributed by atoms with Crippen LogP contribution in [-0.2, 0) is 14.3 Å². The average molecular weight is 477 g/mol. The molecule has 7 nitrogen and oxygen atoms in total. The predicted molar refractivity (Wildman–Crippen MR) is 131 cm³/mol. The number of carbonyl (C=O) groups is 3. The molecule has 1 aliphatic heterocycles. The number of carbonyl (C=O) groups excluding carboxylic acids is 2. The number of hydrogen-bond acceptors (Lipinski definition) is 4. The standard InChI is InChI=1S/C28H32N2O5/c1-17-13-14-18(27(32)33)15-30(17)26(31)23-11-6-12-25(23)29-28(34)35-16-24-21-9-4-2-7-19(21)20-8-3-5-10-22(20)24/h2-5,7-10,17-18,23-25H,6,11-16H2,1H3,(H,29,34)(H,32,33)/t17?,18?,23-,25+/m1/s1. The number of likely N-dealkylation sites (tertiary alicyclic amines) is 1. The van der Waals surface area contributed by atoms with Crippen molar-refractivity contribution in [1.82, 2.24) is 10.2 Å². The molecule has 4 atom stereocenters. The molecule has 2 aromatic carbocycles. The quantitative estimate of drug-likeness (QED) is 0.667. The molecule has 2 unspecified atom stereocenters. The summed E-state index contributed by atoms with van der Waals surface area (Å²) in [5, 5.41) is 12.4. The number of nitrogens with zero attached hydrogens (tertiary/aromatic N) is 1. The van der Waals surface area contributed by atoms with Crippen LogP contribution in [0, 0.1) is 11.8 Å². The Hall–Kier alpha value is -3.35. The molecule has 2 fully saturated rings. The number of nitrogens with one attached hydrogen (secondary N) is 1. The lowest BCUT2D eigenvalue weighted by Crippen LogP contribution is -2.52. The van der Waals surface area contributed by atoms with Crippen LogP contribution in [0.1, 0.15) is 56.1 Å².